The molecule has 0 radical (unpaired) electrons. The van der Waals surface area contributed by atoms with E-state index < -0.39 is 0 Å². The Bertz CT molecular complexity index is 119. The van der Waals surface area contributed by atoms with Crippen LogP contribution < -0.4 is 5.32 Å². The molecule has 0 aliphatic heterocycles. The molecule has 1 N–H and O–H groups in total. The predicted molar refractivity (Wildman–Crippen MR) is 43.7 cm³/mol. The minimum atomic E-state index is 0.914. The second-order valence-corrected chi connectivity index (χ2v) is 2.96. The van der Waals surface area contributed by atoms with Gasteiger partial charge in [-0.2, -0.15) is 0 Å². The number of unbranched alkanes of at least 4 members (excludes halogenated alkanes) is 1. The van der Waals surface area contributed by atoms with E-state index in [-0.39, 0.29) is 0 Å². The topological polar surface area (TPSA) is 12.0 Å². The summed E-state index contributed by atoms with van der Waals surface area (Å²) < 4.78 is 0. The van der Waals surface area contributed by atoms with E-state index >= 15 is 0 Å². The lowest BCUT2D eigenvalue weighted by molar-refractivity contribution is 0.619. The summed E-state index contributed by atoms with van der Waals surface area (Å²) in [6.07, 6.45) is 10.0. The number of terminal acetylenes is 1. The molecule has 0 saturated heterocycles. The van der Waals surface area contributed by atoms with E-state index in [1.54, 1.807) is 0 Å². The molecule has 0 aromatic heterocycles. The first-order valence-corrected chi connectivity index (χ1v) is 4.07. The minimum absolute atomic E-state index is 0.914. The van der Waals surface area contributed by atoms with Crippen LogP contribution in [0.1, 0.15) is 25.7 Å². The van der Waals surface area contributed by atoms with Crippen molar-refractivity contribution >= 4 is 0 Å². The van der Waals surface area contributed by atoms with Crippen molar-refractivity contribution in [3.05, 3.63) is 0 Å². The molecule has 10 heavy (non-hydrogen) atoms. The molecule has 1 aliphatic carbocycles. The lowest BCUT2D eigenvalue weighted by Gasteiger charge is -1.99. The highest BCUT2D eigenvalue weighted by molar-refractivity contribution is 4.83. The van der Waals surface area contributed by atoms with Crippen LogP contribution in [-0.4, -0.2) is 13.1 Å². The summed E-state index contributed by atoms with van der Waals surface area (Å²) in [5.41, 5.74) is 0. The van der Waals surface area contributed by atoms with Crippen LogP contribution in [0.3, 0.4) is 0 Å². The number of rotatable bonds is 5. The molecule has 0 atom stereocenters. The Morgan fingerprint density at radius 3 is 2.90 bits per heavy atom. The second kappa shape index (κ2) is 4.35. The van der Waals surface area contributed by atoms with Crippen LogP contribution in [0.15, 0.2) is 0 Å². The molecule has 0 amide bonds. The Morgan fingerprint density at radius 1 is 1.50 bits per heavy atom. The van der Waals surface area contributed by atoms with Gasteiger partial charge in [-0.3, -0.25) is 0 Å². The van der Waals surface area contributed by atoms with Crippen molar-refractivity contribution in [2.45, 2.75) is 25.7 Å². The maximum absolute atomic E-state index is 5.11. The molecule has 0 heterocycles. The fourth-order valence-corrected chi connectivity index (χ4v) is 0.944. The third-order valence-corrected chi connectivity index (χ3v) is 1.80. The zero-order valence-corrected chi connectivity index (χ0v) is 6.40. The molecule has 0 bridgehead atoms. The first-order valence-electron chi connectivity index (χ1n) is 4.07. The van der Waals surface area contributed by atoms with Gasteiger partial charge in [0.15, 0.2) is 0 Å². The van der Waals surface area contributed by atoms with E-state index in [2.05, 4.69) is 11.2 Å². The molecule has 1 saturated carbocycles. The van der Waals surface area contributed by atoms with Crippen molar-refractivity contribution in [1.82, 2.24) is 5.32 Å². The highest BCUT2D eigenvalue weighted by Gasteiger charge is 2.19. The van der Waals surface area contributed by atoms with Gasteiger partial charge in [0.25, 0.3) is 0 Å². The van der Waals surface area contributed by atoms with E-state index in [0.717, 1.165) is 25.3 Å². The van der Waals surface area contributed by atoms with E-state index in [0.29, 0.717) is 0 Å². The molecule has 0 unspecified atom stereocenters. The predicted octanol–water partition coefficient (Wildman–Crippen LogP) is 1.40. The molecule has 1 nitrogen and oxygen atoms in total. The maximum atomic E-state index is 5.11. The van der Waals surface area contributed by atoms with Gasteiger partial charge in [-0.25, -0.2) is 0 Å². The molecule has 1 heteroatoms. The smallest absolute Gasteiger partial charge is 0.00981 e. The SMILES string of the molecule is C#CCCCNCC1CC1. The van der Waals surface area contributed by atoms with Crippen LogP contribution in [0.25, 0.3) is 0 Å². The lowest BCUT2D eigenvalue weighted by Crippen LogP contribution is -2.17. The molecule has 0 aromatic rings. The fourth-order valence-electron chi connectivity index (χ4n) is 0.944. The number of hydrogen-bond acceptors (Lipinski definition) is 1. The number of hydrogen-bond donors (Lipinski definition) is 1. The van der Waals surface area contributed by atoms with Crippen LogP contribution in [0.4, 0.5) is 0 Å². The maximum Gasteiger partial charge on any atom is 0.00981 e. The Labute approximate surface area is 63.2 Å². The van der Waals surface area contributed by atoms with Crippen molar-refractivity contribution in [3.63, 3.8) is 0 Å². The summed E-state index contributed by atoms with van der Waals surface area (Å²) in [5, 5.41) is 3.39. The van der Waals surface area contributed by atoms with Crippen molar-refractivity contribution < 1.29 is 0 Å². The van der Waals surface area contributed by atoms with E-state index in [9.17, 15) is 0 Å². The normalized spacial score (nSPS) is 16.7. The molecule has 1 rings (SSSR count). The Balaban J connectivity index is 1.73. The molecular weight excluding hydrogens is 122 g/mol. The second-order valence-electron chi connectivity index (χ2n) is 2.96. The molecule has 0 aromatic carbocycles. The fraction of sp³-hybridized carbons (Fsp3) is 0.778. The third kappa shape index (κ3) is 3.53. The minimum Gasteiger partial charge on any atom is -0.316 e. The zero-order valence-electron chi connectivity index (χ0n) is 6.40. The highest BCUT2D eigenvalue weighted by Crippen LogP contribution is 2.27. The van der Waals surface area contributed by atoms with Gasteiger partial charge < -0.3 is 5.32 Å². The van der Waals surface area contributed by atoms with E-state index in [1.165, 1.54) is 19.4 Å². The summed E-state index contributed by atoms with van der Waals surface area (Å²) in [6.45, 7) is 2.31. The van der Waals surface area contributed by atoms with Gasteiger partial charge in [-0.05, 0) is 38.3 Å². The van der Waals surface area contributed by atoms with Gasteiger partial charge in [0.1, 0.15) is 0 Å². The van der Waals surface area contributed by atoms with Gasteiger partial charge in [0, 0.05) is 6.42 Å². The number of nitrogens with one attached hydrogen (secondary N) is 1. The highest BCUT2D eigenvalue weighted by atomic mass is 14.9. The lowest BCUT2D eigenvalue weighted by atomic mass is 10.3. The Morgan fingerprint density at radius 2 is 2.30 bits per heavy atom. The van der Waals surface area contributed by atoms with Gasteiger partial charge in [0.05, 0.1) is 0 Å². The summed E-state index contributed by atoms with van der Waals surface area (Å²) in [6, 6.07) is 0. The van der Waals surface area contributed by atoms with Crippen molar-refractivity contribution in [3.8, 4) is 12.3 Å². The molecule has 1 aliphatic rings. The first kappa shape index (κ1) is 7.63. The van der Waals surface area contributed by atoms with Gasteiger partial charge >= 0.3 is 0 Å². The van der Waals surface area contributed by atoms with E-state index in [1.807, 2.05) is 0 Å². The van der Waals surface area contributed by atoms with Crippen LogP contribution in [0.5, 0.6) is 0 Å². The van der Waals surface area contributed by atoms with Crippen LogP contribution in [-0.2, 0) is 0 Å². The zero-order chi connectivity index (χ0) is 7.23. The van der Waals surface area contributed by atoms with E-state index in [4.69, 9.17) is 6.42 Å². The van der Waals surface area contributed by atoms with Gasteiger partial charge in [-0.15, -0.1) is 12.3 Å². The average molecular weight is 137 g/mol. The summed E-state index contributed by atoms with van der Waals surface area (Å²) in [7, 11) is 0. The average Bonchev–Trinajstić information content (AvgIpc) is 2.71. The largest absolute Gasteiger partial charge is 0.316 e. The third-order valence-electron chi connectivity index (χ3n) is 1.80. The molecular formula is C9H15N. The summed E-state index contributed by atoms with van der Waals surface area (Å²) in [5.74, 6) is 3.62. The molecule has 56 valence electrons. The van der Waals surface area contributed by atoms with Crippen LogP contribution in [0.2, 0.25) is 0 Å². The monoisotopic (exact) mass is 137 g/mol. The van der Waals surface area contributed by atoms with Crippen LogP contribution in [0, 0.1) is 18.3 Å². The Hall–Kier alpha value is -0.480. The van der Waals surface area contributed by atoms with Crippen molar-refractivity contribution in [1.29, 1.82) is 0 Å². The van der Waals surface area contributed by atoms with Gasteiger partial charge in [-0.1, -0.05) is 0 Å². The standard InChI is InChI=1S/C9H15N/c1-2-3-4-7-10-8-9-5-6-9/h1,9-10H,3-8H2. The Kier molecular flexibility index (Phi) is 3.32. The summed E-state index contributed by atoms with van der Waals surface area (Å²) in [4.78, 5) is 0. The van der Waals surface area contributed by atoms with Crippen molar-refractivity contribution in [2.75, 3.05) is 13.1 Å². The quantitative estimate of drug-likeness (QED) is 0.446. The van der Waals surface area contributed by atoms with Crippen LogP contribution >= 0.6 is 0 Å². The summed E-state index contributed by atoms with van der Waals surface area (Å²) >= 11 is 0. The van der Waals surface area contributed by atoms with Gasteiger partial charge in [0.2, 0.25) is 0 Å². The first-order chi connectivity index (χ1) is 4.93. The molecule has 0 spiro atoms. The van der Waals surface area contributed by atoms with Crippen molar-refractivity contribution in [2.24, 2.45) is 5.92 Å². The molecule has 1 fully saturated rings.